The quantitative estimate of drug-likeness (QED) is 0.734. The minimum absolute atomic E-state index is 0.138. The van der Waals surface area contributed by atoms with E-state index in [9.17, 15) is 4.79 Å². The maximum atomic E-state index is 11.3. The molecule has 0 aliphatic rings. The van der Waals surface area contributed by atoms with Crippen LogP contribution in [0.1, 0.15) is 43.0 Å². The lowest BCUT2D eigenvalue weighted by Crippen LogP contribution is -2.14. The Labute approximate surface area is 104 Å². The molecule has 0 amide bonds. The highest BCUT2D eigenvalue weighted by Gasteiger charge is 2.17. The van der Waals surface area contributed by atoms with Crippen molar-refractivity contribution < 1.29 is 9.53 Å². The number of hydrogen-bond acceptors (Lipinski definition) is 2. The van der Waals surface area contributed by atoms with Gasteiger partial charge in [0.25, 0.3) is 0 Å². The first kappa shape index (κ1) is 13.8. The minimum Gasteiger partial charge on any atom is -0.469 e. The van der Waals surface area contributed by atoms with Gasteiger partial charge in [-0.25, -0.2) is 0 Å². The molecule has 0 aromatic heterocycles. The summed E-state index contributed by atoms with van der Waals surface area (Å²) in [6.45, 7) is 10.7. The van der Waals surface area contributed by atoms with E-state index in [1.165, 1.54) is 23.8 Å². The van der Waals surface area contributed by atoms with E-state index < -0.39 is 0 Å². The van der Waals surface area contributed by atoms with Crippen LogP contribution in [0.2, 0.25) is 0 Å². The number of benzene rings is 1. The number of methoxy groups -OCH3 is 1. The van der Waals surface area contributed by atoms with Crippen LogP contribution in [-0.2, 0) is 21.4 Å². The van der Waals surface area contributed by atoms with Crippen LogP contribution < -0.4 is 0 Å². The van der Waals surface area contributed by atoms with E-state index in [0.29, 0.717) is 6.42 Å². The highest BCUT2D eigenvalue weighted by atomic mass is 16.5. The summed E-state index contributed by atoms with van der Waals surface area (Å²) >= 11 is 0. The summed E-state index contributed by atoms with van der Waals surface area (Å²) in [7, 11) is 1.43. The molecule has 1 aromatic rings. The Balaban J connectivity index is 3.15. The van der Waals surface area contributed by atoms with Gasteiger partial charge in [0.15, 0.2) is 0 Å². The Hall–Kier alpha value is -1.31. The zero-order valence-corrected chi connectivity index (χ0v) is 11.7. The third kappa shape index (κ3) is 3.32. The highest BCUT2D eigenvalue weighted by molar-refractivity contribution is 5.73. The molecule has 17 heavy (non-hydrogen) atoms. The third-order valence-electron chi connectivity index (χ3n) is 3.11. The van der Waals surface area contributed by atoms with Gasteiger partial charge in [-0.2, -0.15) is 0 Å². The molecule has 0 fully saturated rings. The lowest BCUT2D eigenvalue weighted by Gasteiger charge is -2.22. The van der Waals surface area contributed by atoms with Crippen LogP contribution in [0.3, 0.4) is 0 Å². The van der Waals surface area contributed by atoms with Gasteiger partial charge in [0.1, 0.15) is 0 Å². The van der Waals surface area contributed by atoms with Gasteiger partial charge in [-0.3, -0.25) is 4.79 Å². The number of rotatable bonds is 2. The fraction of sp³-hybridized carbons (Fsp3) is 0.533. The molecule has 0 aliphatic carbocycles. The second kappa shape index (κ2) is 4.91. The van der Waals surface area contributed by atoms with Crippen LogP contribution in [0, 0.1) is 13.8 Å². The number of carbonyl (C=O) groups is 1. The van der Waals surface area contributed by atoms with Crippen molar-refractivity contribution in [2.75, 3.05) is 7.11 Å². The molecule has 0 N–H and O–H groups in total. The maximum absolute atomic E-state index is 11.3. The zero-order valence-electron chi connectivity index (χ0n) is 11.7. The molecule has 1 aromatic carbocycles. The summed E-state index contributed by atoms with van der Waals surface area (Å²) in [4.78, 5) is 11.3. The van der Waals surface area contributed by atoms with Crippen molar-refractivity contribution in [3.05, 3.63) is 34.4 Å². The average molecular weight is 234 g/mol. The number of hydrogen-bond donors (Lipinski definition) is 0. The summed E-state index contributed by atoms with van der Waals surface area (Å²) in [5.41, 5.74) is 4.87. The van der Waals surface area contributed by atoms with Crippen molar-refractivity contribution in [3.63, 3.8) is 0 Å². The first-order valence-electron chi connectivity index (χ1n) is 5.93. The lowest BCUT2D eigenvalue weighted by molar-refractivity contribution is -0.139. The predicted molar refractivity (Wildman–Crippen MR) is 70.3 cm³/mol. The largest absolute Gasteiger partial charge is 0.469 e. The van der Waals surface area contributed by atoms with Gasteiger partial charge >= 0.3 is 5.97 Å². The lowest BCUT2D eigenvalue weighted by atomic mass is 9.83. The molecule has 0 saturated carbocycles. The Kier molecular flexibility index (Phi) is 3.97. The van der Waals surface area contributed by atoms with Gasteiger partial charge in [0.05, 0.1) is 13.5 Å². The maximum Gasteiger partial charge on any atom is 0.309 e. The predicted octanol–water partition coefficient (Wildman–Crippen LogP) is 3.32. The molecule has 1 rings (SSSR count). The molecular weight excluding hydrogens is 212 g/mol. The van der Waals surface area contributed by atoms with E-state index in [1.807, 2.05) is 0 Å². The van der Waals surface area contributed by atoms with Crippen molar-refractivity contribution in [1.29, 1.82) is 0 Å². The molecule has 0 saturated heterocycles. The van der Waals surface area contributed by atoms with Crippen LogP contribution in [0.15, 0.2) is 12.1 Å². The number of esters is 1. The monoisotopic (exact) mass is 234 g/mol. The van der Waals surface area contributed by atoms with Crippen LogP contribution in [0.4, 0.5) is 0 Å². The average Bonchev–Trinajstić information content (AvgIpc) is 2.21. The van der Waals surface area contributed by atoms with E-state index in [0.717, 1.165) is 5.56 Å². The topological polar surface area (TPSA) is 26.3 Å². The fourth-order valence-corrected chi connectivity index (χ4v) is 1.92. The van der Waals surface area contributed by atoms with Crippen molar-refractivity contribution in [3.8, 4) is 0 Å². The van der Waals surface area contributed by atoms with Gasteiger partial charge in [-0.05, 0) is 41.5 Å². The van der Waals surface area contributed by atoms with E-state index in [-0.39, 0.29) is 11.4 Å². The van der Waals surface area contributed by atoms with Crippen LogP contribution in [-0.4, -0.2) is 13.1 Å². The fourth-order valence-electron chi connectivity index (χ4n) is 1.92. The van der Waals surface area contributed by atoms with Gasteiger partial charge in [-0.1, -0.05) is 32.9 Å². The highest BCUT2D eigenvalue weighted by Crippen LogP contribution is 2.27. The van der Waals surface area contributed by atoms with Gasteiger partial charge in [0, 0.05) is 0 Å². The normalized spacial score (nSPS) is 11.4. The van der Waals surface area contributed by atoms with Crippen LogP contribution in [0.25, 0.3) is 0 Å². The smallest absolute Gasteiger partial charge is 0.309 e. The second-order valence-electron chi connectivity index (χ2n) is 5.59. The Morgan fingerprint density at radius 3 is 2.00 bits per heavy atom. The van der Waals surface area contributed by atoms with Crippen molar-refractivity contribution >= 4 is 5.97 Å². The van der Waals surface area contributed by atoms with E-state index in [1.54, 1.807) is 0 Å². The van der Waals surface area contributed by atoms with Crippen LogP contribution >= 0.6 is 0 Å². The summed E-state index contributed by atoms with van der Waals surface area (Å²) in [6.07, 6.45) is 0.360. The van der Waals surface area contributed by atoms with Gasteiger partial charge in [0.2, 0.25) is 0 Å². The molecule has 94 valence electrons. The zero-order chi connectivity index (χ0) is 13.2. The molecule has 2 nitrogen and oxygen atoms in total. The number of carbonyl (C=O) groups excluding carboxylic acids is 1. The molecule has 2 heteroatoms. The standard InChI is InChI=1S/C15H22O2/c1-10-7-12(15(3,4)5)8-11(2)13(10)9-14(16)17-6/h7-8H,9H2,1-6H3. The Morgan fingerprint density at radius 2 is 1.65 bits per heavy atom. The second-order valence-corrected chi connectivity index (χ2v) is 5.59. The Morgan fingerprint density at radius 1 is 1.18 bits per heavy atom. The van der Waals surface area contributed by atoms with Gasteiger partial charge in [-0.15, -0.1) is 0 Å². The molecular formula is C15H22O2. The molecule has 0 spiro atoms. The molecule has 0 heterocycles. The molecule has 0 aliphatic heterocycles. The SMILES string of the molecule is COC(=O)Cc1c(C)cc(C(C)(C)C)cc1C. The number of ether oxygens (including phenoxy) is 1. The number of aryl methyl sites for hydroxylation is 2. The summed E-state index contributed by atoms with van der Waals surface area (Å²) in [5.74, 6) is -0.181. The van der Waals surface area contributed by atoms with E-state index >= 15 is 0 Å². The van der Waals surface area contributed by atoms with E-state index in [2.05, 4.69) is 46.8 Å². The Bertz CT molecular complexity index is 402. The summed E-state index contributed by atoms with van der Waals surface area (Å²) in [5, 5.41) is 0. The van der Waals surface area contributed by atoms with Crippen LogP contribution in [0.5, 0.6) is 0 Å². The summed E-state index contributed by atoms with van der Waals surface area (Å²) in [6, 6.07) is 4.34. The first-order valence-corrected chi connectivity index (χ1v) is 5.93. The minimum atomic E-state index is -0.181. The molecule has 0 unspecified atom stereocenters. The molecule has 0 atom stereocenters. The summed E-state index contributed by atoms with van der Waals surface area (Å²) < 4.78 is 4.72. The van der Waals surface area contributed by atoms with Crippen molar-refractivity contribution in [2.45, 2.75) is 46.5 Å². The van der Waals surface area contributed by atoms with Crippen molar-refractivity contribution in [1.82, 2.24) is 0 Å². The molecule has 0 radical (unpaired) electrons. The molecule has 0 bridgehead atoms. The van der Waals surface area contributed by atoms with E-state index in [4.69, 9.17) is 4.74 Å². The first-order chi connectivity index (χ1) is 7.75. The third-order valence-corrected chi connectivity index (χ3v) is 3.11. The van der Waals surface area contributed by atoms with Crippen molar-refractivity contribution in [2.24, 2.45) is 0 Å². The van der Waals surface area contributed by atoms with Gasteiger partial charge < -0.3 is 4.74 Å².